The van der Waals surface area contributed by atoms with Crippen molar-refractivity contribution in [2.45, 2.75) is 26.4 Å². The Morgan fingerprint density at radius 3 is 3.13 bits per heavy atom. The van der Waals surface area contributed by atoms with Gasteiger partial charge in [0.2, 0.25) is 0 Å². The van der Waals surface area contributed by atoms with E-state index in [-0.39, 0.29) is 0 Å². The Morgan fingerprint density at radius 1 is 1.53 bits per heavy atom. The minimum Gasteiger partial charge on any atom is -0.374 e. The van der Waals surface area contributed by atoms with Gasteiger partial charge in [-0.3, -0.25) is 4.90 Å². The van der Waals surface area contributed by atoms with Gasteiger partial charge >= 0.3 is 0 Å². The highest BCUT2D eigenvalue weighted by atomic mass is 16.5. The topological polar surface area (TPSA) is 24.5 Å². The van der Waals surface area contributed by atoms with Gasteiger partial charge in [-0.15, -0.1) is 5.92 Å². The highest BCUT2D eigenvalue weighted by Gasteiger charge is 2.18. The Balaban J connectivity index is 2.18. The van der Waals surface area contributed by atoms with Crippen molar-refractivity contribution < 1.29 is 4.74 Å². The second-order valence-electron chi connectivity index (χ2n) is 3.86. The van der Waals surface area contributed by atoms with E-state index in [0.29, 0.717) is 6.10 Å². The summed E-state index contributed by atoms with van der Waals surface area (Å²) >= 11 is 0. The summed E-state index contributed by atoms with van der Waals surface area (Å²) in [6.07, 6.45) is 1.52. The zero-order valence-corrected chi connectivity index (χ0v) is 9.88. The lowest BCUT2D eigenvalue weighted by Crippen LogP contribution is -2.46. The molecule has 1 N–H and O–H groups in total. The molecular weight excluding hydrogens is 188 g/mol. The van der Waals surface area contributed by atoms with E-state index in [4.69, 9.17) is 4.74 Å². The molecule has 0 saturated carbocycles. The van der Waals surface area contributed by atoms with Crippen molar-refractivity contribution in [3.05, 3.63) is 0 Å². The number of nitrogens with zero attached hydrogens (tertiary/aromatic N) is 1. The Morgan fingerprint density at radius 2 is 2.40 bits per heavy atom. The molecule has 0 radical (unpaired) electrons. The molecule has 1 heterocycles. The predicted octanol–water partition coefficient (Wildman–Crippen LogP) is 0.710. The van der Waals surface area contributed by atoms with Gasteiger partial charge in [0, 0.05) is 19.6 Å². The highest BCUT2D eigenvalue weighted by molar-refractivity contribution is 4.98. The molecule has 0 aromatic rings. The van der Waals surface area contributed by atoms with Gasteiger partial charge in [-0.1, -0.05) is 12.8 Å². The molecule has 1 aliphatic rings. The maximum Gasteiger partial charge on any atom is 0.0827 e. The second kappa shape index (κ2) is 7.70. The maximum atomic E-state index is 5.68. The lowest BCUT2D eigenvalue weighted by atomic mass is 10.2. The summed E-state index contributed by atoms with van der Waals surface area (Å²) in [6, 6.07) is 0. The molecule has 1 unspecified atom stereocenters. The van der Waals surface area contributed by atoms with Crippen LogP contribution in [0.2, 0.25) is 0 Å². The number of nitrogens with one attached hydrogen (secondary N) is 1. The van der Waals surface area contributed by atoms with E-state index in [1.165, 1.54) is 6.42 Å². The third-order valence-corrected chi connectivity index (χ3v) is 2.50. The summed E-state index contributed by atoms with van der Waals surface area (Å²) < 4.78 is 5.68. The van der Waals surface area contributed by atoms with Gasteiger partial charge in [0.25, 0.3) is 0 Å². The molecule has 1 fully saturated rings. The fourth-order valence-corrected chi connectivity index (χ4v) is 1.68. The SMILES string of the molecule is CC#CCN1CCOC(CNCCC)C1. The average Bonchev–Trinajstić information content (AvgIpc) is 2.27. The number of morpholine rings is 1. The summed E-state index contributed by atoms with van der Waals surface area (Å²) in [6.45, 7) is 9.84. The third kappa shape index (κ3) is 5.17. The van der Waals surface area contributed by atoms with E-state index < -0.39 is 0 Å². The highest BCUT2D eigenvalue weighted by Crippen LogP contribution is 2.03. The quantitative estimate of drug-likeness (QED) is 0.534. The number of rotatable bonds is 5. The fraction of sp³-hybridized carbons (Fsp3) is 0.833. The first-order valence-corrected chi connectivity index (χ1v) is 5.81. The van der Waals surface area contributed by atoms with Gasteiger partial charge in [-0.2, -0.15) is 0 Å². The lowest BCUT2D eigenvalue weighted by Gasteiger charge is -2.31. The number of hydrogen-bond donors (Lipinski definition) is 1. The van der Waals surface area contributed by atoms with Crippen LogP contribution < -0.4 is 5.32 Å². The smallest absolute Gasteiger partial charge is 0.0827 e. The van der Waals surface area contributed by atoms with E-state index in [1.807, 2.05) is 6.92 Å². The van der Waals surface area contributed by atoms with Crippen LogP contribution in [0.5, 0.6) is 0 Å². The monoisotopic (exact) mass is 210 g/mol. The molecule has 0 aromatic carbocycles. The summed E-state index contributed by atoms with van der Waals surface area (Å²) in [5.74, 6) is 6.04. The first-order valence-electron chi connectivity index (χ1n) is 5.81. The fourth-order valence-electron chi connectivity index (χ4n) is 1.68. The van der Waals surface area contributed by atoms with Crippen molar-refractivity contribution in [3.63, 3.8) is 0 Å². The second-order valence-corrected chi connectivity index (χ2v) is 3.86. The van der Waals surface area contributed by atoms with E-state index in [9.17, 15) is 0 Å². The average molecular weight is 210 g/mol. The summed E-state index contributed by atoms with van der Waals surface area (Å²) in [7, 11) is 0. The van der Waals surface area contributed by atoms with E-state index in [2.05, 4.69) is 29.0 Å². The molecule has 1 aliphatic heterocycles. The van der Waals surface area contributed by atoms with Crippen LogP contribution in [0.3, 0.4) is 0 Å². The molecule has 0 aromatic heterocycles. The Hall–Kier alpha value is -0.560. The van der Waals surface area contributed by atoms with Crippen molar-refractivity contribution >= 4 is 0 Å². The molecule has 0 spiro atoms. The van der Waals surface area contributed by atoms with Crippen LogP contribution in [0.4, 0.5) is 0 Å². The first-order chi connectivity index (χ1) is 7.36. The van der Waals surface area contributed by atoms with E-state index >= 15 is 0 Å². The van der Waals surface area contributed by atoms with Crippen molar-refractivity contribution in [1.82, 2.24) is 10.2 Å². The molecule has 1 rings (SSSR count). The normalized spacial score (nSPS) is 22.1. The molecule has 0 bridgehead atoms. The van der Waals surface area contributed by atoms with Crippen LogP contribution in [-0.4, -0.2) is 50.3 Å². The van der Waals surface area contributed by atoms with Gasteiger partial charge < -0.3 is 10.1 Å². The molecule has 86 valence electrons. The minimum absolute atomic E-state index is 0.337. The zero-order valence-electron chi connectivity index (χ0n) is 9.88. The molecule has 3 nitrogen and oxygen atoms in total. The molecule has 3 heteroatoms. The van der Waals surface area contributed by atoms with Gasteiger partial charge in [0.15, 0.2) is 0 Å². The maximum absolute atomic E-state index is 5.68. The van der Waals surface area contributed by atoms with Gasteiger partial charge in [-0.05, 0) is 19.9 Å². The molecule has 1 atom stereocenters. The van der Waals surface area contributed by atoms with E-state index in [1.54, 1.807) is 0 Å². The van der Waals surface area contributed by atoms with Gasteiger partial charge in [-0.25, -0.2) is 0 Å². The molecule has 15 heavy (non-hydrogen) atoms. The largest absolute Gasteiger partial charge is 0.374 e. The number of ether oxygens (including phenoxy) is 1. The third-order valence-electron chi connectivity index (χ3n) is 2.50. The van der Waals surface area contributed by atoms with Crippen LogP contribution in [0.1, 0.15) is 20.3 Å². The Bertz CT molecular complexity index is 219. The molecule has 0 aliphatic carbocycles. The van der Waals surface area contributed by atoms with Crippen LogP contribution in [0.25, 0.3) is 0 Å². The Kier molecular flexibility index (Phi) is 6.42. The predicted molar refractivity (Wildman–Crippen MR) is 62.8 cm³/mol. The van der Waals surface area contributed by atoms with Crippen LogP contribution in [0, 0.1) is 11.8 Å². The van der Waals surface area contributed by atoms with Gasteiger partial charge in [0.05, 0.1) is 19.3 Å². The zero-order chi connectivity index (χ0) is 10.9. The van der Waals surface area contributed by atoms with Crippen molar-refractivity contribution in [3.8, 4) is 11.8 Å². The van der Waals surface area contributed by atoms with Crippen molar-refractivity contribution in [1.29, 1.82) is 0 Å². The standard InChI is InChI=1S/C12H22N2O/c1-3-5-7-14-8-9-15-12(11-14)10-13-6-4-2/h12-13H,4,6-11H2,1-2H3. The summed E-state index contributed by atoms with van der Waals surface area (Å²) in [5, 5.41) is 3.39. The van der Waals surface area contributed by atoms with Crippen molar-refractivity contribution in [2.24, 2.45) is 0 Å². The first kappa shape index (κ1) is 12.5. The minimum atomic E-state index is 0.337. The van der Waals surface area contributed by atoms with Crippen LogP contribution in [0.15, 0.2) is 0 Å². The molecular formula is C12H22N2O. The van der Waals surface area contributed by atoms with Gasteiger partial charge in [0.1, 0.15) is 0 Å². The number of hydrogen-bond acceptors (Lipinski definition) is 3. The lowest BCUT2D eigenvalue weighted by molar-refractivity contribution is -0.0223. The Labute approximate surface area is 93.2 Å². The van der Waals surface area contributed by atoms with Crippen LogP contribution in [-0.2, 0) is 4.74 Å². The summed E-state index contributed by atoms with van der Waals surface area (Å²) in [4.78, 5) is 2.36. The van der Waals surface area contributed by atoms with Crippen molar-refractivity contribution in [2.75, 3.05) is 39.3 Å². The van der Waals surface area contributed by atoms with E-state index in [0.717, 1.165) is 39.3 Å². The molecule has 1 saturated heterocycles. The van der Waals surface area contributed by atoms with Crippen LogP contribution >= 0.6 is 0 Å². The summed E-state index contributed by atoms with van der Waals surface area (Å²) in [5.41, 5.74) is 0. The molecule has 0 amide bonds.